The van der Waals surface area contributed by atoms with Crippen LogP contribution in [0.25, 0.3) is 6.08 Å². The van der Waals surface area contributed by atoms with Gasteiger partial charge in [-0.1, -0.05) is 36.4 Å². The van der Waals surface area contributed by atoms with Gasteiger partial charge in [0.1, 0.15) is 23.2 Å². The molecule has 3 rings (SSSR count). The average molecular weight is 676 g/mol. The van der Waals surface area contributed by atoms with Crippen LogP contribution in [0.3, 0.4) is 0 Å². The molecule has 1 aliphatic rings. The molecule has 0 bridgehead atoms. The number of aliphatic imine (C=N–C) groups is 1. The van der Waals surface area contributed by atoms with Gasteiger partial charge in [0.2, 0.25) is 5.91 Å². The molecule has 0 radical (unpaired) electrons. The van der Waals surface area contributed by atoms with Crippen molar-refractivity contribution in [3.05, 3.63) is 65.2 Å². The molecule has 2 aromatic rings. The van der Waals surface area contributed by atoms with Crippen LogP contribution in [0.5, 0.6) is 5.75 Å². The van der Waals surface area contributed by atoms with Crippen LogP contribution in [0.4, 0.5) is 23.7 Å². The number of hydrogen-bond donors (Lipinski definition) is 3. The molecule has 12 nitrogen and oxygen atoms in total. The highest BCUT2D eigenvalue weighted by Gasteiger charge is 2.39. The Morgan fingerprint density at radius 1 is 1.10 bits per heavy atom. The first kappa shape index (κ1) is 37.4. The summed E-state index contributed by atoms with van der Waals surface area (Å²) in [5.74, 6) is -2.63. The fourth-order valence-electron chi connectivity index (χ4n) is 5.06. The molecule has 1 fully saturated rings. The lowest BCUT2D eigenvalue weighted by Crippen LogP contribution is -2.50. The number of rotatable bonds is 12. The summed E-state index contributed by atoms with van der Waals surface area (Å²) in [6.07, 6.45) is -1.37. The van der Waals surface area contributed by atoms with Crippen LogP contribution in [0, 0.1) is 0 Å². The molecule has 1 saturated heterocycles. The molecule has 4 N–H and O–H groups in total. The molecule has 3 amide bonds. The lowest BCUT2D eigenvalue weighted by molar-refractivity contribution is -0.151. The van der Waals surface area contributed by atoms with E-state index in [0.717, 1.165) is 18.2 Å². The van der Waals surface area contributed by atoms with Crippen molar-refractivity contribution in [2.75, 3.05) is 37.7 Å². The number of likely N-dealkylation sites (tertiary alicyclic amines) is 1. The second kappa shape index (κ2) is 17.2. The molecule has 2 aromatic carbocycles. The number of halogens is 3. The minimum Gasteiger partial charge on any atom is -0.507 e. The largest absolute Gasteiger partial charge is 0.507 e. The molecule has 1 atom stereocenters. The molecule has 0 aromatic heterocycles. The Labute approximate surface area is 276 Å². The van der Waals surface area contributed by atoms with Crippen LogP contribution in [0.2, 0.25) is 0 Å². The summed E-state index contributed by atoms with van der Waals surface area (Å²) in [5, 5.41) is 12.4. The Balaban J connectivity index is 1.89. The number of carbonyl (C=O) groups excluding carboxylic acids is 4. The number of urea groups is 1. The summed E-state index contributed by atoms with van der Waals surface area (Å²) < 4.78 is 52.1. The van der Waals surface area contributed by atoms with Crippen molar-refractivity contribution in [2.45, 2.75) is 58.3 Å². The normalized spacial score (nSPS) is 14.8. The molecule has 1 unspecified atom stereocenters. The number of ether oxygens (including phenoxy) is 2. The van der Waals surface area contributed by atoms with Crippen LogP contribution < -0.4 is 16.0 Å². The fraction of sp³-hybridized carbons (Fsp3) is 0.424. The Kier molecular flexibility index (Phi) is 13.4. The van der Waals surface area contributed by atoms with E-state index in [0.29, 0.717) is 42.0 Å². The van der Waals surface area contributed by atoms with Gasteiger partial charge in [-0.25, -0.2) is 9.59 Å². The standard InChI is InChI=1S/C33H40F3N5O7/c1-4-47-28(44)20-25(31(45)48-5-2)39-32(46)41(26-12-7-13-27(43)29(26)33(34,35)36)16-8-10-22-9-6-11-23(19-22)30(37)38-24-14-17-40(18-15-24)21(3)42/h6-13,19,24-25,43H,4-5,14-18,20H2,1-3H3,(H2,37,38)(H,39,46)/b10-8+. The van der Waals surface area contributed by atoms with Crippen molar-refractivity contribution in [3.63, 3.8) is 0 Å². The topological polar surface area (TPSA) is 164 Å². The number of nitrogens with one attached hydrogen (secondary N) is 1. The van der Waals surface area contributed by atoms with E-state index >= 15 is 0 Å². The van der Waals surface area contributed by atoms with Crippen molar-refractivity contribution < 1.29 is 46.9 Å². The van der Waals surface area contributed by atoms with Gasteiger partial charge >= 0.3 is 24.1 Å². The van der Waals surface area contributed by atoms with Gasteiger partial charge in [-0.2, -0.15) is 13.2 Å². The number of amidine groups is 1. The van der Waals surface area contributed by atoms with Crippen molar-refractivity contribution in [1.29, 1.82) is 0 Å². The average Bonchev–Trinajstić information content (AvgIpc) is 3.02. The highest BCUT2D eigenvalue weighted by molar-refractivity contribution is 5.98. The number of hydrogen-bond acceptors (Lipinski definition) is 8. The molecule has 260 valence electrons. The minimum atomic E-state index is -5.05. The number of phenolic OH excluding ortho intramolecular Hbond substituents is 1. The van der Waals surface area contributed by atoms with Gasteiger partial charge in [0.05, 0.1) is 31.4 Å². The lowest BCUT2D eigenvalue weighted by Gasteiger charge is -2.29. The number of aromatic hydroxyl groups is 1. The van der Waals surface area contributed by atoms with Gasteiger partial charge < -0.3 is 30.5 Å². The Hall–Kier alpha value is -5.08. The fourth-order valence-corrected chi connectivity index (χ4v) is 5.06. The van der Waals surface area contributed by atoms with Crippen LogP contribution in [-0.2, 0) is 30.0 Å². The van der Waals surface area contributed by atoms with E-state index in [1.54, 1.807) is 42.2 Å². The Bertz CT molecular complexity index is 1520. The number of carbonyl (C=O) groups is 4. The van der Waals surface area contributed by atoms with Crippen LogP contribution in [0.15, 0.2) is 53.5 Å². The number of benzene rings is 2. The smallest absolute Gasteiger partial charge is 0.421 e. The number of nitrogens with zero attached hydrogens (tertiary/aromatic N) is 3. The van der Waals surface area contributed by atoms with Crippen LogP contribution in [-0.4, -0.2) is 84.7 Å². The van der Waals surface area contributed by atoms with Gasteiger partial charge in [0.15, 0.2) is 0 Å². The first-order valence-electron chi connectivity index (χ1n) is 15.4. The Morgan fingerprint density at radius 3 is 2.40 bits per heavy atom. The number of nitrogens with two attached hydrogens (primary N) is 1. The maximum atomic E-state index is 14.1. The highest BCUT2D eigenvalue weighted by atomic mass is 19.4. The number of phenols is 1. The van der Waals surface area contributed by atoms with Gasteiger partial charge in [0.25, 0.3) is 0 Å². The SMILES string of the molecule is CCOC(=O)CC(NC(=O)N(C/C=C/c1cccc(C(N)=NC2CCN(C(C)=O)CC2)c1)c1cccc(O)c1C(F)(F)F)C(=O)OCC. The summed E-state index contributed by atoms with van der Waals surface area (Å²) >= 11 is 0. The summed E-state index contributed by atoms with van der Waals surface area (Å²) in [7, 11) is 0. The quantitative estimate of drug-likeness (QED) is 0.171. The zero-order chi connectivity index (χ0) is 35.4. The molecule has 1 heterocycles. The second-order valence-electron chi connectivity index (χ2n) is 10.8. The number of anilines is 1. The first-order valence-corrected chi connectivity index (χ1v) is 15.4. The number of piperidine rings is 1. The third-order valence-corrected chi connectivity index (χ3v) is 7.40. The molecule has 0 aliphatic carbocycles. The third kappa shape index (κ3) is 10.5. The van der Waals surface area contributed by atoms with Crippen molar-refractivity contribution in [1.82, 2.24) is 10.2 Å². The number of esters is 2. The summed E-state index contributed by atoms with van der Waals surface area (Å²) in [6, 6.07) is 7.09. The first-order chi connectivity index (χ1) is 22.7. The lowest BCUT2D eigenvalue weighted by atomic mass is 10.0. The van der Waals surface area contributed by atoms with E-state index in [-0.39, 0.29) is 31.0 Å². The summed E-state index contributed by atoms with van der Waals surface area (Å²) in [5.41, 5.74) is 5.32. The van der Waals surface area contributed by atoms with E-state index in [1.165, 1.54) is 19.9 Å². The van der Waals surface area contributed by atoms with E-state index in [9.17, 15) is 37.5 Å². The van der Waals surface area contributed by atoms with E-state index in [2.05, 4.69) is 10.3 Å². The van der Waals surface area contributed by atoms with Gasteiger partial charge in [-0.15, -0.1) is 0 Å². The van der Waals surface area contributed by atoms with E-state index in [1.807, 2.05) is 0 Å². The molecular formula is C33H40F3N5O7. The summed E-state index contributed by atoms with van der Waals surface area (Å²) in [6.45, 7) is 5.21. The monoisotopic (exact) mass is 675 g/mol. The zero-order valence-corrected chi connectivity index (χ0v) is 27.0. The van der Waals surface area contributed by atoms with Crippen molar-refractivity contribution in [3.8, 4) is 5.75 Å². The van der Waals surface area contributed by atoms with Crippen molar-refractivity contribution >= 4 is 41.5 Å². The van der Waals surface area contributed by atoms with Gasteiger partial charge in [-0.05, 0) is 50.5 Å². The van der Waals surface area contributed by atoms with Gasteiger partial charge in [-0.3, -0.25) is 19.5 Å². The van der Waals surface area contributed by atoms with E-state index in [4.69, 9.17) is 15.2 Å². The molecule has 15 heteroatoms. The van der Waals surface area contributed by atoms with Crippen LogP contribution in [0.1, 0.15) is 56.7 Å². The van der Waals surface area contributed by atoms with Crippen molar-refractivity contribution in [2.24, 2.45) is 10.7 Å². The minimum absolute atomic E-state index is 0.00335. The zero-order valence-electron chi connectivity index (χ0n) is 27.0. The highest BCUT2D eigenvalue weighted by Crippen LogP contribution is 2.42. The third-order valence-electron chi connectivity index (χ3n) is 7.40. The second-order valence-corrected chi connectivity index (χ2v) is 10.8. The number of alkyl halides is 3. The number of amides is 3. The molecular weight excluding hydrogens is 635 g/mol. The Morgan fingerprint density at radius 2 is 1.77 bits per heavy atom. The predicted molar refractivity (Wildman–Crippen MR) is 172 cm³/mol. The van der Waals surface area contributed by atoms with Gasteiger partial charge in [0, 0.05) is 32.1 Å². The van der Waals surface area contributed by atoms with Crippen LogP contribution >= 0.6 is 0 Å². The summed E-state index contributed by atoms with van der Waals surface area (Å²) in [4.78, 5) is 56.9. The maximum Gasteiger partial charge on any atom is 0.421 e. The molecule has 0 spiro atoms. The molecule has 0 saturated carbocycles. The van der Waals surface area contributed by atoms with E-state index < -0.39 is 60.2 Å². The molecule has 48 heavy (non-hydrogen) atoms. The molecule has 1 aliphatic heterocycles. The predicted octanol–water partition coefficient (Wildman–Crippen LogP) is 4.24. The maximum absolute atomic E-state index is 14.1.